The first-order valence-electron chi connectivity index (χ1n) is 13.4. The number of piperidine rings is 1. The third-order valence-electron chi connectivity index (χ3n) is 7.29. The van der Waals surface area contributed by atoms with Gasteiger partial charge in [0.1, 0.15) is 11.5 Å². The van der Waals surface area contributed by atoms with Crippen LogP contribution in [0.3, 0.4) is 0 Å². The summed E-state index contributed by atoms with van der Waals surface area (Å²) in [6, 6.07) is 6.70. The molecule has 0 aliphatic carbocycles. The molecule has 0 radical (unpaired) electrons. The van der Waals surface area contributed by atoms with Crippen molar-refractivity contribution in [3.05, 3.63) is 53.8 Å². The number of pyridine rings is 1. The lowest BCUT2D eigenvalue weighted by atomic mass is 10.0. The zero-order valence-electron chi connectivity index (χ0n) is 22.4. The molecule has 1 unspecified atom stereocenters. The van der Waals surface area contributed by atoms with Crippen LogP contribution >= 0.6 is 0 Å². The fourth-order valence-electron chi connectivity index (χ4n) is 5.18. The summed E-state index contributed by atoms with van der Waals surface area (Å²) in [5.41, 5.74) is -0.492. The van der Waals surface area contributed by atoms with Crippen molar-refractivity contribution in [1.29, 1.82) is 0 Å². The summed E-state index contributed by atoms with van der Waals surface area (Å²) in [6.07, 6.45) is 0.911. The number of carbonyl (C=O) groups excluding carboxylic acids is 2. The van der Waals surface area contributed by atoms with Gasteiger partial charge in [-0.3, -0.25) is 9.59 Å². The zero-order valence-corrected chi connectivity index (χ0v) is 22.4. The Balaban J connectivity index is 1.24. The minimum absolute atomic E-state index is 0.0241. The molecular formula is C27H32F3N7O3. The van der Waals surface area contributed by atoms with Crippen molar-refractivity contribution >= 4 is 29.3 Å². The molecule has 40 heavy (non-hydrogen) atoms. The second-order valence-electron chi connectivity index (χ2n) is 10.4. The number of nitrogens with zero attached hydrogens (tertiary/aromatic N) is 6. The average molecular weight is 560 g/mol. The summed E-state index contributed by atoms with van der Waals surface area (Å²) in [7, 11) is 1.84. The van der Waals surface area contributed by atoms with E-state index in [1.165, 1.54) is 6.20 Å². The molecule has 0 spiro atoms. The predicted molar refractivity (Wildman–Crippen MR) is 142 cm³/mol. The monoisotopic (exact) mass is 559 g/mol. The van der Waals surface area contributed by atoms with Gasteiger partial charge in [0.2, 0.25) is 5.76 Å². The molecule has 3 aromatic heterocycles. The molecule has 0 bridgehead atoms. The summed E-state index contributed by atoms with van der Waals surface area (Å²) < 4.78 is 48.3. The highest BCUT2D eigenvalue weighted by Crippen LogP contribution is 2.35. The second kappa shape index (κ2) is 11.2. The summed E-state index contributed by atoms with van der Waals surface area (Å²) in [6.45, 7) is 5.43. The predicted octanol–water partition coefficient (Wildman–Crippen LogP) is 4.27. The summed E-state index contributed by atoms with van der Waals surface area (Å²) >= 11 is 0. The van der Waals surface area contributed by atoms with E-state index in [0.717, 1.165) is 19.3 Å². The maximum absolute atomic E-state index is 13.7. The number of alkyl halides is 3. The van der Waals surface area contributed by atoms with E-state index in [2.05, 4.69) is 15.3 Å². The van der Waals surface area contributed by atoms with Crippen LogP contribution in [0.25, 0.3) is 0 Å². The third-order valence-corrected chi connectivity index (χ3v) is 7.29. The number of nitrogens with one attached hydrogen (secondary N) is 1. The largest absolute Gasteiger partial charge is 0.437 e. The van der Waals surface area contributed by atoms with Crippen molar-refractivity contribution in [1.82, 2.24) is 19.4 Å². The zero-order chi connectivity index (χ0) is 28.4. The number of carbonyl (C=O) groups is 2. The molecular weight excluding hydrogens is 527 g/mol. The Morgan fingerprint density at radius 3 is 2.52 bits per heavy atom. The van der Waals surface area contributed by atoms with Gasteiger partial charge in [-0.15, -0.1) is 0 Å². The van der Waals surface area contributed by atoms with Crippen LogP contribution in [0.15, 0.2) is 41.1 Å². The molecule has 2 amide bonds. The van der Waals surface area contributed by atoms with E-state index >= 15 is 0 Å². The standard InChI is InChI=1S/C27H32F3N7O3/c1-18-6-3-11-37(17-18)26-33-23(27(28,29)30)22(40-26)24(38)32-19-8-9-21(31-16-19)35-12-5-13-36(15-14-35)25(39)20-7-4-10-34(20)2/h4,7-10,16,18H,3,5-6,11-15,17H2,1-2H3,(H,32,38). The van der Waals surface area contributed by atoms with Gasteiger partial charge >= 0.3 is 6.18 Å². The van der Waals surface area contributed by atoms with Gasteiger partial charge in [-0.05, 0) is 49.4 Å². The van der Waals surface area contributed by atoms with Crippen molar-refractivity contribution in [2.24, 2.45) is 13.0 Å². The molecule has 5 rings (SSSR count). The van der Waals surface area contributed by atoms with Crippen LogP contribution in [0.4, 0.5) is 30.7 Å². The van der Waals surface area contributed by atoms with E-state index in [-0.39, 0.29) is 23.5 Å². The van der Waals surface area contributed by atoms with Crippen LogP contribution in [0.2, 0.25) is 0 Å². The number of aryl methyl sites for hydroxylation is 1. The van der Waals surface area contributed by atoms with Crippen LogP contribution in [0.5, 0.6) is 0 Å². The lowest BCUT2D eigenvalue weighted by Gasteiger charge is -2.29. The summed E-state index contributed by atoms with van der Waals surface area (Å²) in [5, 5.41) is 2.45. The van der Waals surface area contributed by atoms with Crippen molar-refractivity contribution in [3.63, 3.8) is 0 Å². The van der Waals surface area contributed by atoms with Crippen LogP contribution in [0.1, 0.15) is 52.9 Å². The van der Waals surface area contributed by atoms with E-state index in [9.17, 15) is 22.8 Å². The number of aromatic nitrogens is 3. The van der Waals surface area contributed by atoms with Gasteiger partial charge in [0.25, 0.3) is 17.8 Å². The van der Waals surface area contributed by atoms with Gasteiger partial charge in [0.05, 0.1) is 11.9 Å². The molecule has 2 saturated heterocycles. The number of amides is 2. The topological polar surface area (TPSA) is 99.7 Å². The van der Waals surface area contributed by atoms with Crippen LogP contribution in [-0.2, 0) is 13.2 Å². The van der Waals surface area contributed by atoms with Gasteiger partial charge in [0.15, 0.2) is 5.69 Å². The van der Waals surface area contributed by atoms with Crippen LogP contribution in [0, 0.1) is 5.92 Å². The Morgan fingerprint density at radius 2 is 1.85 bits per heavy atom. The van der Waals surface area contributed by atoms with Crippen LogP contribution in [-0.4, -0.2) is 70.5 Å². The Kier molecular flexibility index (Phi) is 7.72. The van der Waals surface area contributed by atoms with E-state index < -0.39 is 23.5 Å². The fraction of sp³-hybridized carbons (Fsp3) is 0.481. The van der Waals surface area contributed by atoms with E-state index in [0.29, 0.717) is 50.8 Å². The number of hydrogen-bond acceptors (Lipinski definition) is 7. The van der Waals surface area contributed by atoms with Crippen molar-refractivity contribution in [2.75, 3.05) is 54.4 Å². The molecule has 0 aromatic carbocycles. The number of halogens is 3. The van der Waals surface area contributed by atoms with Crippen molar-refractivity contribution in [3.8, 4) is 0 Å². The SMILES string of the molecule is CC1CCCN(c2nc(C(F)(F)F)c(C(=O)Nc3ccc(N4CCCN(C(=O)c5cccn5C)CC4)nc3)o2)C1. The van der Waals surface area contributed by atoms with Gasteiger partial charge in [-0.1, -0.05) is 6.92 Å². The summed E-state index contributed by atoms with van der Waals surface area (Å²) in [5.74, 6) is -1.02. The molecule has 2 aliphatic heterocycles. The van der Waals surface area contributed by atoms with Gasteiger partial charge < -0.3 is 29.0 Å². The molecule has 5 heterocycles. The highest BCUT2D eigenvalue weighted by Gasteiger charge is 2.42. The molecule has 1 N–H and O–H groups in total. The number of rotatable bonds is 5. The van der Waals surface area contributed by atoms with Crippen molar-refractivity contribution < 1.29 is 27.2 Å². The van der Waals surface area contributed by atoms with E-state index in [1.807, 2.05) is 36.0 Å². The first-order chi connectivity index (χ1) is 19.1. The molecule has 1 atom stereocenters. The van der Waals surface area contributed by atoms with Crippen LogP contribution < -0.4 is 15.1 Å². The maximum atomic E-state index is 13.7. The van der Waals surface area contributed by atoms with Gasteiger partial charge in [0, 0.05) is 52.5 Å². The lowest BCUT2D eigenvalue weighted by Crippen LogP contribution is -2.36. The molecule has 2 aliphatic rings. The second-order valence-corrected chi connectivity index (χ2v) is 10.4. The highest BCUT2D eigenvalue weighted by molar-refractivity contribution is 6.03. The number of hydrogen-bond donors (Lipinski definition) is 1. The minimum atomic E-state index is -4.85. The first-order valence-corrected chi connectivity index (χ1v) is 13.4. The fourth-order valence-corrected chi connectivity index (χ4v) is 5.18. The number of anilines is 3. The maximum Gasteiger partial charge on any atom is 0.437 e. The molecule has 10 nitrogen and oxygen atoms in total. The quantitative estimate of drug-likeness (QED) is 0.499. The Bertz CT molecular complexity index is 1350. The number of oxazole rings is 1. The third kappa shape index (κ3) is 5.92. The molecule has 2 fully saturated rings. The highest BCUT2D eigenvalue weighted by atomic mass is 19.4. The molecule has 214 valence electrons. The minimum Gasteiger partial charge on any atom is -0.417 e. The molecule has 3 aromatic rings. The summed E-state index contributed by atoms with van der Waals surface area (Å²) in [4.78, 5) is 39.3. The van der Waals surface area contributed by atoms with E-state index in [4.69, 9.17) is 4.42 Å². The Morgan fingerprint density at radius 1 is 1.05 bits per heavy atom. The lowest BCUT2D eigenvalue weighted by molar-refractivity contribution is -0.141. The average Bonchev–Trinajstić information content (AvgIpc) is 3.49. The molecule has 13 heteroatoms. The van der Waals surface area contributed by atoms with E-state index in [1.54, 1.807) is 27.7 Å². The van der Waals surface area contributed by atoms with Crippen molar-refractivity contribution in [2.45, 2.75) is 32.4 Å². The van der Waals surface area contributed by atoms with Gasteiger partial charge in [-0.2, -0.15) is 18.2 Å². The smallest absolute Gasteiger partial charge is 0.417 e. The molecule has 0 saturated carbocycles. The van der Waals surface area contributed by atoms with Gasteiger partial charge in [-0.25, -0.2) is 4.98 Å². The first kappa shape index (κ1) is 27.5. The Labute approximate surface area is 229 Å². The Hall–Kier alpha value is -4.03. The normalized spacial score (nSPS) is 18.5.